The lowest BCUT2D eigenvalue weighted by Gasteiger charge is -2.24. The summed E-state index contributed by atoms with van der Waals surface area (Å²) >= 11 is 0. The van der Waals surface area contributed by atoms with Crippen molar-refractivity contribution < 1.29 is 47.3 Å². The van der Waals surface area contributed by atoms with Crippen molar-refractivity contribution in [2.45, 2.75) is 72.6 Å². The first kappa shape index (κ1) is 28.6. The fourth-order valence-corrected chi connectivity index (χ4v) is 3.39. The average molecular weight is 460 g/mol. The van der Waals surface area contributed by atoms with Crippen LogP contribution in [-0.4, -0.2) is 44.4 Å². The average Bonchev–Trinajstić information content (AvgIpc) is 2.54. The zero-order chi connectivity index (χ0) is 22.9. The van der Waals surface area contributed by atoms with Crippen molar-refractivity contribution in [1.82, 2.24) is 0 Å². The van der Waals surface area contributed by atoms with Gasteiger partial charge in [0, 0.05) is 25.7 Å². The molecule has 0 radical (unpaired) electrons. The second-order valence-corrected chi connectivity index (χ2v) is 11.3. The van der Waals surface area contributed by atoms with Gasteiger partial charge in [-0.2, -0.15) is 0 Å². The van der Waals surface area contributed by atoms with E-state index in [1.165, 1.54) is 0 Å². The highest BCUT2D eigenvalue weighted by atomic mass is 31.2. The molecule has 0 aliphatic heterocycles. The van der Waals surface area contributed by atoms with Crippen LogP contribution in [0.1, 0.15) is 72.6 Å². The van der Waals surface area contributed by atoms with Crippen molar-refractivity contribution in [3.63, 3.8) is 0 Å². The molecular formula is C17H34O10P2. The van der Waals surface area contributed by atoms with Gasteiger partial charge in [-0.15, -0.1) is 0 Å². The number of rotatable bonds is 16. The Bertz CT molecular complexity index is 578. The number of hydrogen-bond acceptors (Lipinski definition) is 6. The molecule has 10 nitrogen and oxygen atoms in total. The standard InChI is InChI=1S/C17H34O10P2/c1-16(2,12-26-28(20,21)22)10-8-14(18)6-5-7-15(19)9-11-17(3,4)13-27-29(23,24)25/h5-13H2,1-4H3,(H2,20,21,22)(H2,23,24,25). The van der Waals surface area contributed by atoms with Gasteiger partial charge < -0.3 is 19.6 Å². The lowest BCUT2D eigenvalue weighted by atomic mass is 9.86. The van der Waals surface area contributed by atoms with Gasteiger partial charge in [0.2, 0.25) is 0 Å². The molecule has 0 aliphatic rings. The van der Waals surface area contributed by atoms with Crippen molar-refractivity contribution in [2.24, 2.45) is 10.8 Å². The minimum absolute atomic E-state index is 0.0302. The summed E-state index contributed by atoms with van der Waals surface area (Å²) in [5, 5.41) is 0. The van der Waals surface area contributed by atoms with Crippen LogP contribution in [0.15, 0.2) is 0 Å². The molecule has 172 valence electrons. The zero-order valence-corrected chi connectivity index (χ0v) is 19.3. The Morgan fingerprint density at radius 2 is 1.00 bits per heavy atom. The van der Waals surface area contributed by atoms with E-state index in [-0.39, 0.29) is 50.5 Å². The third-order valence-electron chi connectivity index (χ3n) is 4.32. The summed E-state index contributed by atoms with van der Waals surface area (Å²) in [5.41, 5.74) is -1.12. The van der Waals surface area contributed by atoms with Crippen LogP contribution in [0.4, 0.5) is 0 Å². The summed E-state index contributed by atoms with van der Waals surface area (Å²) in [6.07, 6.45) is 2.19. The molecule has 0 aromatic carbocycles. The van der Waals surface area contributed by atoms with Gasteiger partial charge >= 0.3 is 15.6 Å². The van der Waals surface area contributed by atoms with Gasteiger partial charge in [0.1, 0.15) is 11.6 Å². The van der Waals surface area contributed by atoms with Gasteiger partial charge in [0.05, 0.1) is 13.2 Å². The van der Waals surface area contributed by atoms with E-state index in [0.717, 1.165) is 0 Å². The number of phosphoric acid groups is 2. The molecule has 0 bridgehead atoms. The van der Waals surface area contributed by atoms with E-state index in [9.17, 15) is 18.7 Å². The first-order valence-corrected chi connectivity index (χ1v) is 12.4. The molecule has 0 saturated carbocycles. The van der Waals surface area contributed by atoms with Crippen LogP contribution < -0.4 is 0 Å². The molecule has 12 heteroatoms. The SMILES string of the molecule is CC(C)(CCC(=O)CCCC(=O)CCC(C)(C)COP(=O)(O)O)COP(=O)(O)O. The van der Waals surface area contributed by atoms with E-state index < -0.39 is 26.5 Å². The second-order valence-electron chi connectivity index (χ2n) is 8.79. The van der Waals surface area contributed by atoms with E-state index in [0.29, 0.717) is 19.3 Å². The Hall–Kier alpha value is -0.440. The van der Waals surface area contributed by atoms with Crippen molar-refractivity contribution in [2.75, 3.05) is 13.2 Å². The van der Waals surface area contributed by atoms with Gasteiger partial charge in [0.15, 0.2) is 0 Å². The van der Waals surface area contributed by atoms with E-state index in [4.69, 9.17) is 19.6 Å². The molecule has 0 saturated heterocycles. The summed E-state index contributed by atoms with van der Waals surface area (Å²) in [5.74, 6) is -0.0603. The van der Waals surface area contributed by atoms with Gasteiger partial charge in [-0.3, -0.25) is 18.6 Å². The Morgan fingerprint density at radius 3 is 1.28 bits per heavy atom. The largest absolute Gasteiger partial charge is 0.469 e. The highest BCUT2D eigenvalue weighted by molar-refractivity contribution is 7.46. The van der Waals surface area contributed by atoms with Crippen LogP contribution in [0.3, 0.4) is 0 Å². The Kier molecular flexibility index (Phi) is 11.6. The normalized spacial score (nSPS) is 13.5. The highest BCUT2D eigenvalue weighted by Crippen LogP contribution is 2.40. The molecule has 0 aromatic rings. The van der Waals surface area contributed by atoms with E-state index in [1.54, 1.807) is 27.7 Å². The fraction of sp³-hybridized carbons (Fsp3) is 0.882. The maximum absolute atomic E-state index is 12.0. The van der Waals surface area contributed by atoms with Crippen LogP contribution in [0.5, 0.6) is 0 Å². The second kappa shape index (κ2) is 11.8. The summed E-state index contributed by atoms with van der Waals surface area (Å²) in [6, 6.07) is 0. The van der Waals surface area contributed by atoms with Crippen molar-refractivity contribution in [3.05, 3.63) is 0 Å². The topological polar surface area (TPSA) is 168 Å². The number of ketones is 2. The molecule has 0 aromatic heterocycles. The highest BCUT2D eigenvalue weighted by Gasteiger charge is 2.26. The molecule has 0 rings (SSSR count). The first-order valence-electron chi connectivity index (χ1n) is 9.34. The Balaban J connectivity index is 4.08. The molecule has 0 heterocycles. The molecule has 0 aliphatic carbocycles. The van der Waals surface area contributed by atoms with E-state index in [2.05, 4.69) is 9.05 Å². The third kappa shape index (κ3) is 18.1. The summed E-state index contributed by atoms with van der Waals surface area (Å²) < 4.78 is 30.5. The van der Waals surface area contributed by atoms with E-state index in [1.807, 2.05) is 0 Å². The molecular weight excluding hydrogens is 426 g/mol. The fourth-order valence-electron chi connectivity index (χ4n) is 2.35. The number of carbonyl (C=O) groups is 2. The number of carbonyl (C=O) groups excluding carboxylic acids is 2. The molecule has 0 unspecified atom stereocenters. The smallest absolute Gasteiger partial charge is 0.303 e. The summed E-state index contributed by atoms with van der Waals surface area (Å²) in [6.45, 7) is 6.67. The van der Waals surface area contributed by atoms with Gasteiger partial charge in [0.25, 0.3) is 0 Å². The minimum Gasteiger partial charge on any atom is -0.303 e. The van der Waals surface area contributed by atoms with Gasteiger partial charge in [-0.25, -0.2) is 9.13 Å². The molecule has 0 spiro atoms. The van der Waals surface area contributed by atoms with Gasteiger partial charge in [-0.1, -0.05) is 27.7 Å². The number of Topliss-reactive ketones (excluding diaryl/α,β-unsaturated/α-hetero) is 2. The summed E-state index contributed by atoms with van der Waals surface area (Å²) in [7, 11) is -9.08. The van der Waals surface area contributed by atoms with Crippen molar-refractivity contribution in [1.29, 1.82) is 0 Å². The Morgan fingerprint density at radius 1 is 0.690 bits per heavy atom. The van der Waals surface area contributed by atoms with Crippen LogP contribution in [0.25, 0.3) is 0 Å². The lowest BCUT2D eigenvalue weighted by Crippen LogP contribution is -2.20. The zero-order valence-electron chi connectivity index (χ0n) is 17.5. The molecule has 0 atom stereocenters. The van der Waals surface area contributed by atoms with Crippen molar-refractivity contribution >= 4 is 27.2 Å². The molecule has 0 fully saturated rings. The molecule has 0 amide bonds. The van der Waals surface area contributed by atoms with Crippen molar-refractivity contribution in [3.8, 4) is 0 Å². The predicted octanol–water partition coefficient (Wildman–Crippen LogP) is 3.13. The number of hydrogen-bond donors (Lipinski definition) is 4. The maximum Gasteiger partial charge on any atom is 0.469 e. The van der Waals surface area contributed by atoms with Crippen LogP contribution in [0, 0.1) is 10.8 Å². The monoisotopic (exact) mass is 460 g/mol. The van der Waals surface area contributed by atoms with Crippen LogP contribution >= 0.6 is 15.6 Å². The van der Waals surface area contributed by atoms with Crippen LogP contribution in [-0.2, 0) is 27.8 Å². The minimum atomic E-state index is -4.54. The first-order chi connectivity index (χ1) is 12.9. The number of phosphoric ester groups is 2. The van der Waals surface area contributed by atoms with Gasteiger partial charge in [-0.05, 0) is 30.1 Å². The third-order valence-corrected chi connectivity index (χ3v) is 5.25. The maximum atomic E-state index is 12.0. The van der Waals surface area contributed by atoms with Crippen LogP contribution in [0.2, 0.25) is 0 Å². The lowest BCUT2D eigenvalue weighted by molar-refractivity contribution is -0.121. The molecule has 4 N–H and O–H groups in total. The predicted molar refractivity (Wildman–Crippen MR) is 106 cm³/mol. The quantitative estimate of drug-likeness (QED) is 0.251. The molecule has 29 heavy (non-hydrogen) atoms. The Labute approximate surface area is 171 Å². The van der Waals surface area contributed by atoms with E-state index >= 15 is 0 Å². The summed E-state index contributed by atoms with van der Waals surface area (Å²) in [4.78, 5) is 58.9.